The molecular weight excluding hydrogens is 306 g/mol. The largest absolute Gasteiger partial charge is 0.462 e. The van der Waals surface area contributed by atoms with Gasteiger partial charge in [0.25, 0.3) is 0 Å². The highest BCUT2D eigenvalue weighted by Gasteiger charge is 2.13. The van der Waals surface area contributed by atoms with Gasteiger partial charge in [-0.05, 0) is 44.6 Å². The van der Waals surface area contributed by atoms with Crippen LogP contribution in [0.1, 0.15) is 20.8 Å². The molecule has 0 aromatic heterocycles. The fourth-order valence-corrected chi connectivity index (χ4v) is 2.06. The molecule has 0 aliphatic carbocycles. The first-order chi connectivity index (χ1) is 11.5. The molecule has 0 unspecified atom stereocenters. The molecule has 1 aliphatic heterocycles. The number of amides is 1. The number of hydrogen-bond acceptors (Lipinski definition) is 5. The van der Waals surface area contributed by atoms with E-state index >= 15 is 0 Å². The number of rotatable bonds is 7. The first-order valence-corrected chi connectivity index (χ1v) is 7.94. The summed E-state index contributed by atoms with van der Waals surface area (Å²) in [5, 5.41) is 8.96. The van der Waals surface area contributed by atoms with E-state index in [2.05, 4.69) is 0 Å². The van der Waals surface area contributed by atoms with E-state index in [0.717, 1.165) is 5.57 Å². The van der Waals surface area contributed by atoms with E-state index in [1.165, 1.54) is 6.08 Å². The number of hydrogen-bond donors (Lipinski definition) is 0. The average Bonchev–Trinajstić information content (AvgIpc) is 2.58. The molecule has 0 aromatic carbocycles. The zero-order valence-electron chi connectivity index (χ0n) is 14.4. The van der Waals surface area contributed by atoms with E-state index < -0.39 is 5.97 Å². The minimum atomic E-state index is -0.632. The van der Waals surface area contributed by atoms with Crippen molar-refractivity contribution in [2.45, 2.75) is 20.8 Å². The molecule has 1 rings (SSSR count). The molecule has 24 heavy (non-hydrogen) atoms. The number of carbonyl (C=O) groups excluding carboxylic acids is 2. The van der Waals surface area contributed by atoms with Crippen LogP contribution < -0.4 is 0 Å². The van der Waals surface area contributed by atoms with Crippen LogP contribution in [0, 0.1) is 11.3 Å². The van der Waals surface area contributed by atoms with Crippen LogP contribution in [0.25, 0.3) is 0 Å². The predicted molar refractivity (Wildman–Crippen MR) is 91.3 cm³/mol. The van der Waals surface area contributed by atoms with Crippen molar-refractivity contribution in [3.63, 3.8) is 0 Å². The summed E-state index contributed by atoms with van der Waals surface area (Å²) >= 11 is 0. The summed E-state index contributed by atoms with van der Waals surface area (Å²) in [5.41, 5.74) is 0.767. The van der Waals surface area contributed by atoms with Crippen molar-refractivity contribution in [3.8, 4) is 6.07 Å². The van der Waals surface area contributed by atoms with E-state index in [0.29, 0.717) is 13.1 Å². The van der Waals surface area contributed by atoms with Gasteiger partial charge >= 0.3 is 5.97 Å². The van der Waals surface area contributed by atoms with Gasteiger partial charge in [0.1, 0.15) is 18.2 Å². The van der Waals surface area contributed by atoms with Crippen molar-refractivity contribution in [3.05, 3.63) is 47.9 Å². The number of nitriles is 1. The molecule has 0 spiro atoms. The number of allylic oxidation sites excluding steroid dienone is 5. The lowest BCUT2D eigenvalue weighted by molar-refractivity contribution is -0.138. The molecule has 0 fully saturated rings. The molecule has 0 radical (unpaired) electrons. The van der Waals surface area contributed by atoms with E-state index in [4.69, 9.17) is 10.00 Å². The minimum Gasteiger partial charge on any atom is -0.462 e. The van der Waals surface area contributed by atoms with E-state index in [-0.39, 0.29) is 24.6 Å². The van der Waals surface area contributed by atoms with E-state index in [9.17, 15) is 9.59 Å². The van der Waals surface area contributed by atoms with Crippen molar-refractivity contribution in [2.75, 3.05) is 26.2 Å². The van der Waals surface area contributed by atoms with Crippen molar-refractivity contribution >= 4 is 11.9 Å². The van der Waals surface area contributed by atoms with Gasteiger partial charge in [0.2, 0.25) is 5.91 Å². The Bertz CT molecular complexity index is 604. The molecule has 0 saturated heterocycles. The van der Waals surface area contributed by atoms with Gasteiger partial charge in [-0.3, -0.25) is 4.79 Å². The van der Waals surface area contributed by atoms with Gasteiger partial charge < -0.3 is 14.5 Å². The van der Waals surface area contributed by atoms with Crippen LogP contribution in [0.5, 0.6) is 0 Å². The summed E-state index contributed by atoms with van der Waals surface area (Å²) in [6.07, 6.45) is 10.3. The molecule has 0 aromatic rings. The number of esters is 1. The number of ether oxygens (including phenoxy) is 1. The number of carbonyl (C=O) groups is 2. The smallest absolute Gasteiger partial charge is 0.348 e. The van der Waals surface area contributed by atoms with Crippen molar-refractivity contribution in [1.82, 2.24) is 9.80 Å². The lowest BCUT2D eigenvalue weighted by Gasteiger charge is -2.23. The normalized spacial score (nSPS) is 13.5. The summed E-state index contributed by atoms with van der Waals surface area (Å²) in [6, 6.07) is 1.82. The molecule has 0 N–H and O–H groups in total. The van der Waals surface area contributed by atoms with Gasteiger partial charge in [0.05, 0.1) is 6.61 Å². The molecule has 0 bridgehead atoms. The zero-order valence-corrected chi connectivity index (χ0v) is 14.4. The third-order valence-electron chi connectivity index (χ3n) is 3.41. The molecule has 0 atom stereocenters. The highest BCUT2D eigenvalue weighted by molar-refractivity contribution is 5.93. The second kappa shape index (κ2) is 10.1. The van der Waals surface area contributed by atoms with Crippen LogP contribution in [0.2, 0.25) is 0 Å². The third-order valence-corrected chi connectivity index (χ3v) is 3.41. The lowest BCUT2D eigenvalue weighted by Crippen LogP contribution is -2.37. The Labute approximate surface area is 143 Å². The summed E-state index contributed by atoms with van der Waals surface area (Å²) in [6.45, 7) is 7.48. The molecule has 6 heteroatoms. The van der Waals surface area contributed by atoms with Crippen molar-refractivity contribution in [1.29, 1.82) is 5.26 Å². The second-order valence-corrected chi connectivity index (χ2v) is 4.95. The SMILES string of the molecule is CCOC(=O)/C(C#N)=C\C=C1C=CN(CC(=O)N(CC)CC)C=C1. The maximum atomic E-state index is 12.1. The van der Waals surface area contributed by atoms with Crippen LogP contribution in [0.4, 0.5) is 0 Å². The molecule has 1 aliphatic rings. The Morgan fingerprint density at radius 1 is 1.25 bits per heavy atom. The highest BCUT2D eigenvalue weighted by Crippen LogP contribution is 2.11. The second-order valence-electron chi connectivity index (χ2n) is 4.95. The first kappa shape index (κ1) is 19.2. The molecule has 0 saturated carbocycles. The maximum absolute atomic E-state index is 12.1. The molecule has 1 amide bonds. The topological polar surface area (TPSA) is 73.6 Å². The Morgan fingerprint density at radius 3 is 2.38 bits per heavy atom. The van der Waals surface area contributed by atoms with Crippen molar-refractivity contribution in [2.24, 2.45) is 0 Å². The maximum Gasteiger partial charge on any atom is 0.348 e. The number of likely N-dealkylation sites (N-methyl/N-ethyl adjacent to an activating group) is 1. The van der Waals surface area contributed by atoms with Gasteiger partial charge in [-0.15, -0.1) is 0 Å². The summed E-state index contributed by atoms with van der Waals surface area (Å²) < 4.78 is 4.79. The van der Waals surface area contributed by atoms with E-state index in [1.54, 1.807) is 35.2 Å². The van der Waals surface area contributed by atoms with Gasteiger partial charge in [-0.1, -0.05) is 6.08 Å². The summed E-state index contributed by atoms with van der Waals surface area (Å²) in [7, 11) is 0. The zero-order chi connectivity index (χ0) is 17.9. The van der Waals surface area contributed by atoms with Crippen LogP contribution in [0.3, 0.4) is 0 Å². The fraction of sp³-hybridized carbons (Fsp3) is 0.389. The Balaban J connectivity index is 2.69. The molecule has 6 nitrogen and oxygen atoms in total. The van der Waals surface area contributed by atoms with Crippen molar-refractivity contribution < 1.29 is 14.3 Å². The fourth-order valence-electron chi connectivity index (χ4n) is 2.06. The quantitative estimate of drug-likeness (QED) is 0.406. The van der Waals surface area contributed by atoms with Gasteiger partial charge in [-0.2, -0.15) is 5.26 Å². The Morgan fingerprint density at radius 2 is 1.88 bits per heavy atom. The molecule has 1 heterocycles. The van der Waals surface area contributed by atoms with Crippen LogP contribution in [-0.4, -0.2) is 47.9 Å². The van der Waals surface area contributed by atoms with Crippen LogP contribution >= 0.6 is 0 Å². The Kier molecular flexibility index (Phi) is 8.06. The number of nitrogens with zero attached hydrogens (tertiary/aromatic N) is 3. The Hall–Kier alpha value is -2.81. The predicted octanol–water partition coefficient (Wildman–Crippen LogP) is 2.14. The first-order valence-electron chi connectivity index (χ1n) is 7.94. The average molecular weight is 329 g/mol. The minimum absolute atomic E-state index is 0.0507. The molecular formula is C18H23N3O3. The monoisotopic (exact) mass is 329 g/mol. The highest BCUT2D eigenvalue weighted by atomic mass is 16.5. The van der Waals surface area contributed by atoms with E-state index in [1.807, 2.05) is 32.1 Å². The standard InChI is InChI=1S/C18H23N3O3/c1-4-21(5-2)17(22)14-20-11-9-15(10-12-20)7-8-16(13-19)18(23)24-6-3/h7-12H,4-6,14H2,1-3H3/b16-8-. The summed E-state index contributed by atoms with van der Waals surface area (Å²) in [4.78, 5) is 27.1. The van der Waals surface area contributed by atoms with Gasteiger partial charge in [0.15, 0.2) is 0 Å². The summed E-state index contributed by atoms with van der Waals surface area (Å²) in [5.74, 6) is -0.567. The van der Waals surface area contributed by atoms with Crippen LogP contribution in [-0.2, 0) is 14.3 Å². The third kappa shape index (κ3) is 5.76. The molecule has 128 valence electrons. The van der Waals surface area contributed by atoms with Crippen LogP contribution in [0.15, 0.2) is 47.9 Å². The van der Waals surface area contributed by atoms with Gasteiger partial charge in [-0.25, -0.2) is 4.79 Å². The van der Waals surface area contributed by atoms with Gasteiger partial charge in [0, 0.05) is 25.5 Å². The lowest BCUT2D eigenvalue weighted by atomic mass is 10.1.